The van der Waals surface area contributed by atoms with Crippen LogP contribution in [0.25, 0.3) is 0 Å². The summed E-state index contributed by atoms with van der Waals surface area (Å²) in [4.78, 5) is 34.3. The first-order chi connectivity index (χ1) is 12.9. The van der Waals surface area contributed by atoms with E-state index in [1.54, 1.807) is 20.8 Å². The highest BCUT2D eigenvalue weighted by Gasteiger charge is 2.51. The molecule has 0 radical (unpaired) electrons. The molecule has 29 heavy (non-hydrogen) atoms. The van der Waals surface area contributed by atoms with E-state index in [9.17, 15) is 33.0 Å². The zero-order chi connectivity index (χ0) is 23.1. The third-order valence-corrected chi connectivity index (χ3v) is 5.59. The number of aliphatic carboxylic acids is 1. The minimum absolute atomic E-state index is 0.119. The number of amides is 1. The third kappa shape index (κ3) is 9.09. The van der Waals surface area contributed by atoms with Gasteiger partial charge in [-0.2, -0.15) is 8.42 Å². The molecule has 10 nitrogen and oxygen atoms in total. The molecule has 0 fully saturated rings. The predicted molar refractivity (Wildman–Crippen MR) is 104 cm³/mol. The molecule has 0 heterocycles. The van der Waals surface area contributed by atoms with Gasteiger partial charge in [0.15, 0.2) is 5.60 Å². The molecule has 3 N–H and O–H groups in total. The summed E-state index contributed by atoms with van der Waals surface area (Å²) >= 11 is 0. The molecular formula is C18H33NO9S. The van der Waals surface area contributed by atoms with E-state index in [-0.39, 0.29) is 31.2 Å². The normalized spacial score (nSPS) is 14.7. The Morgan fingerprint density at radius 2 is 1.62 bits per heavy atom. The maximum absolute atomic E-state index is 12.0. The quantitative estimate of drug-likeness (QED) is 0.226. The zero-order valence-electron chi connectivity index (χ0n) is 17.9. The molecule has 0 aromatic heterocycles. The lowest BCUT2D eigenvalue weighted by Crippen LogP contribution is -2.54. The third-order valence-electron chi connectivity index (χ3n) is 4.33. The zero-order valence-corrected chi connectivity index (χ0v) is 18.7. The first kappa shape index (κ1) is 27.3. The number of aliphatic hydroxyl groups is 1. The number of carboxylic acid groups (broad SMARTS) is 1. The van der Waals surface area contributed by atoms with Gasteiger partial charge >= 0.3 is 11.9 Å². The number of nitrogens with one attached hydrogen (secondary N) is 1. The second kappa shape index (κ2) is 10.4. The molecule has 0 saturated carbocycles. The Bertz CT molecular complexity index is 695. The summed E-state index contributed by atoms with van der Waals surface area (Å²) in [7, 11) is -3.99. The first-order valence-electron chi connectivity index (χ1n) is 9.19. The molecule has 1 atom stereocenters. The van der Waals surface area contributed by atoms with Crippen molar-refractivity contribution in [1.29, 1.82) is 0 Å². The maximum Gasteiger partial charge on any atom is 0.336 e. The summed E-state index contributed by atoms with van der Waals surface area (Å²) < 4.78 is 33.9. The van der Waals surface area contributed by atoms with E-state index < -0.39 is 51.5 Å². The topological polar surface area (TPSA) is 156 Å². The van der Waals surface area contributed by atoms with Crippen LogP contribution in [0.5, 0.6) is 0 Å². The lowest BCUT2D eigenvalue weighted by molar-refractivity contribution is -0.181. The van der Waals surface area contributed by atoms with Gasteiger partial charge in [-0.15, -0.1) is 0 Å². The van der Waals surface area contributed by atoms with Crippen molar-refractivity contribution in [3.63, 3.8) is 0 Å². The van der Waals surface area contributed by atoms with Gasteiger partial charge < -0.3 is 20.3 Å². The largest absolute Gasteiger partial charge is 0.479 e. The van der Waals surface area contributed by atoms with Crippen LogP contribution in [0, 0.1) is 10.8 Å². The summed E-state index contributed by atoms with van der Waals surface area (Å²) in [6, 6.07) is 0. The lowest BCUT2D eigenvalue weighted by Gasteiger charge is -2.38. The van der Waals surface area contributed by atoms with Gasteiger partial charge in [0.05, 0.1) is 24.4 Å². The van der Waals surface area contributed by atoms with Crippen molar-refractivity contribution < 1.29 is 41.9 Å². The van der Waals surface area contributed by atoms with E-state index in [1.165, 1.54) is 20.8 Å². The van der Waals surface area contributed by atoms with Crippen LogP contribution in [0.15, 0.2) is 0 Å². The number of rotatable bonds is 12. The van der Waals surface area contributed by atoms with Crippen LogP contribution >= 0.6 is 0 Å². The highest BCUT2D eigenvalue weighted by Crippen LogP contribution is 2.35. The minimum Gasteiger partial charge on any atom is -0.479 e. The predicted octanol–water partition coefficient (Wildman–Crippen LogP) is 0.680. The van der Waals surface area contributed by atoms with Crippen LogP contribution < -0.4 is 5.32 Å². The highest BCUT2D eigenvalue weighted by atomic mass is 32.2. The Labute approximate surface area is 172 Å². The molecule has 0 aromatic carbocycles. The van der Waals surface area contributed by atoms with E-state index in [2.05, 4.69) is 5.32 Å². The fraction of sp³-hybridized carbons (Fsp3) is 0.833. The summed E-state index contributed by atoms with van der Waals surface area (Å²) in [6.07, 6.45) is -0.322. The van der Waals surface area contributed by atoms with Gasteiger partial charge in [0.2, 0.25) is 5.91 Å². The number of carbonyl (C=O) groups excluding carboxylic acids is 2. The van der Waals surface area contributed by atoms with Crippen molar-refractivity contribution in [2.75, 3.05) is 25.5 Å². The smallest absolute Gasteiger partial charge is 0.336 e. The van der Waals surface area contributed by atoms with Gasteiger partial charge in [-0.25, -0.2) is 4.79 Å². The Kier molecular flexibility index (Phi) is 9.74. The Balaban J connectivity index is 4.97. The number of carboxylic acids is 1. The molecular weight excluding hydrogens is 406 g/mol. The van der Waals surface area contributed by atoms with Crippen LogP contribution in [-0.4, -0.2) is 67.6 Å². The van der Waals surface area contributed by atoms with Crippen molar-refractivity contribution in [2.45, 2.75) is 60.0 Å². The molecule has 0 aliphatic heterocycles. The Hall–Kier alpha value is -1.72. The molecule has 1 amide bonds. The molecule has 0 aromatic rings. The second-order valence-electron chi connectivity index (χ2n) is 8.55. The minimum atomic E-state index is -3.99. The van der Waals surface area contributed by atoms with E-state index in [1.807, 2.05) is 0 Å². The van der Waals surface area contributed by atoms with Gasteiger partial charge in [-0.3, -0.25) is 13.8 Å². The standard InChI is InChI=1S/C18H33NO9S/c1-13(20)19-9-7-11-29(25,26)28-12-17(5,6)18(24,14(21)22)8-10-27-15(23)16(2,3)4/h24H,7-12H2,1-6H3,(H,19,20)(H,21,22)/t18-/m0/s1. The SMILES string of the molecule is CC(=O)NCCCS(=O)(=O)OCC(C)(C)[C@](O)(CCOC(=O)C(C)(C)C)C(=O)O. The highest BCUT2D eigenvalue weighted by molar-refractivity contribution is 7.86. The van der Waals surface area contributed by atoms with Gasteiger partial charge in [-0.05, 0) is 27.2 Å². The van der Waals surface area contributed by atoms with E-state index in [0.717, 1.165) is 0 Å². The van der Waals surface area contributed by atoms with Crippen LogP contribution in [0.1, 0.15) is 54.4 Å². The number of hydrogen-bond donors (Lipinski definition) is 3. The van der Waals surface area contributed by atoms with E-state index in [4.69, 9.17) is 8.92 Å². The number of hydrogen-bond acceptors (Lipinski definition) is 8. The number of ether oxygens (including phenoxy) is 1. The van der Waals surface area contributed by atoms with E-state index >= 15 is 0 Å². The molecule has 0 unspecified atom stereocenters. The fourth-order valence-electron chi connectivity index (χ4n) is 2.17. The molecule has 0 aliphatic rings. The molecule has 0 spiro atoms. The molecule has 11 heteroatoms. The average molecular weight is 440 g/mol. The molecule has 170 valence electrons. The summed E-state index contributed by atoms with van der Waals surface area (Å²) in [5.41, 5.74) is -4.69. The van der Waals surface area contributed by atoms with E-state index in [0.29, 0.717) is 0 Å². The molecule has 0 rings (SSSR count). The Morgan fingerprint density at radius 1 is 1.07 bits per heavy atom. The number of carbonyl (C=O) groups is 3. The molecule has 0 saturated heterocycles. The van der Waals surface area contributed by atoms with Crippen molar-refractivity contribution in [2.24, 2.45) is 10.8 Å². The Morgan fingerprint density at radius 3 is 2.07 bits per heavy atom. The van der Waals surface area contributed by atoms with Crippen LogP contribution in [-0.2, 0) is 33.4 Å². The van der Waals surface area contributed by atoms with Gasteiger partial charge in [-0.1, -0.05) is 13.8 Å². The second-order valence-corrected chi connectivity index (χ2v) is 10.3. The van der Waals surface area contributed by atoms with Crippen LogP contribution in [0.3, 0.4) is 0 Å². The van der Waals surface area contributed by atoms with Crippen LogP contribution in [0.2, 0.25) is 0 Å². The van der Waals surface area contributed by atoms with Gasteiger partial charge in [0.25, 0.3) is 10.1 Å². The van der Waals surface area contributed by atoms with Crippen molar-refractivity contribution in [3.8, 4) is 0 Å². The number of esters is 1. The monoisotopic (exact) mass is 439 g/mol. The molecule has 0 bridgehead atoms. The van der Waals surface area contributed by atoms with Crippen molar-refractivity contribution in [1.82, 2.24) is 5.32 Å². The average Bonchev–Trinajstić information content (AvgIpc) is 2.55. The summed E-state index contributed by atoms with van der Waals surface area (Å²) in [5.74, 6) is -2.80. The van der Waals surface area contributed by atoms with Crippen molar-refractivity contribution in [3.05, 3.63) is 0 Å². The summed E-state index contributed by atoms with van der Waals surface area (Å²) in [5, 5.41) is 22.7. The first-order valence-corrected chi connectivity index (χ1v) is 10.8. The lowest BCUT2D eigenvalue weighted by atomic mass is 9.73. The maximum atomic E-state index is 12.0. The van der Waals surface area contributed by atoms with Gasteiger partial charge in [0.1, 0.15) is 0 Å². The molecule has 0 aliphatic carbocycles. The fourth-order valence-corrected chi connectivity index (χ4v) is 3.26. The summed E-state index contributed by atoms with van der Waals surface area (Å²) in [6.45, 7) is 8.10. The van der Waals surface area contributed by atoms with Gasteiger partial charge in [0, 0.05) is 25.3 Å². The van der Waals surface area contributed by atoms with Crippen LogP contribution in [0.4, 0.5) is 0 Å². The van der Waals surface area contributed by atoms with Crippen molar-refractivity contribution >= 4 is 28.0 Å².